The Kier molecular flexibility index (Phi) is 9.35. The Morgan fingerprint density at radius 3 is 2.45 bits per heavy atom. The van der Waals surface area contributed by atoms with Crippen LogP contribution >= 0.6 is 11.6 Å². The van der Waals surface area contributed by atoms with Crippen LogP contribution in [0, 0.1) is 10.1 Å². The maximum atomic E-state index is 12.3. The van der Waals surface area contributed by atoms with Crippen molar-refractivity contribution in [2.75, 3.05) is 29.0 Å². The number of nitro benzene ring substituents is 1. The van der Waals surface area contributed by atoms with Crippen LogP contribution in [0.25, 0.3) is 0 Å². The number of anilines is 2. The molecule has 14 heteroatoms. The molecule has 0 aliphatic rings. The highest BCUT2D eigenvalue weighted by Gasteiger charge is 2.22. The Hall–Kier alpha value is -4.49. The first-order valence-corrected chi connectivity index (χ1v) is 13.1. The summed E-state index contributed by atoms with van der Waals surface area (Å²) >= 11 is 5.89. The van der Waals surface area contributed by atoms with Gasteiger partial charge in [-0.3, -0.25) is 24.0 Å². The van der Waals surface area contributed by atoms with Gasteiger partial charge in [-0.05, 0) is 54.1 Å². The molecule has 0 saturated heterocycles. The molecule has 0 aromatic heterocycles. The van der Waals surface area contributed by atoms with Crippen molar-refractivity contribution in [1.82, 2.24) is 5.43 Å². The molecule has 0 heterocycles. The molecule has 0 aliphatic carbocycles. The third kappa shape index (κ3) is 8.57. The molecule has 3 aromatic carbocycles. The van der Waals surface area contributed by atoms with Gasteiger partial charge < -0.3 is 10.1 Å². The Morgan fingerprint density at radius 1 is 1.08 bits per heavy atom. The Morgan fingerprint density at radius 2 is 1.79 bits per heavy atom. The number of benzene rings is 3. The normalized spacial score (nSPS) is 11.1. The van der Waals surface area contributed by atoms with Crippen molar-refractivity contribution in [3.63, 3.8) is 0 Å². The van der Waals surface area contributed by atoms with Crippen LogP contribution in [0.1, 0.15) is 5.56 Å². The molecule has 0 bridgehead atoms. The minimum atomic E-state index is -3.92. The van der Waals surface area contributed by atoms with Crippen LogP contribution in [0.3, 0.4) is 0 Å². The molecule has 0 saturated carbocycles. The van der Waals surface area contributed by atoms with Gasteiger partial charge in [0.1, 0.15) is 12.3 Å². The maximum Gasteiger partial charge on any atom is 0.271 e. The van der Waals surface area contributed by atoms with E-state index in [1.807, 2.05) is 0 Å². The van der Waals surface area contributed by atoms with E-state index in [0.717, 1.165) is 16.6 Å². The van der Waals surface area contributed by atoms with Gasteiger partial charge in [-0.15, -0.1) is 0 Å². The lowest BCUT2D eigenvalue weighted by molar-refractivity contribution is -0.384. The molecular formula is C24H22ClN5O7S. The second kappa shape index (κ2) is 12.7. The van der Waals surface area contributed by atoms with Crippen molar-refractivity contribution in [1.29, 1.82) is 0 Å². The average molecular weight is 560 g/mol. The van der Waals surface area contributed by atoms with E-state index in [-0.39, 0.29) is 23.9 Å². The molecule has 0 fully saturated rings. The number of sulfonamides is 1. The molecule has 0 spiro atoms. The highest BCUT2D eigenvalue weighted by Crippen LogP contribution is 2.23. The third-order valence-electron chi connectivity index (χ3n) is 4.78. The lowest BCUT2D eigenvalue weighted by Crippen LogP contribution is -2.39. The molecule has 0 atom stereocenters. The molecule has 0 radical (unpaired) electrons. The molecule has 0 aliphatic heterocycles. The number of carbonyl (C=O) groups is 2. The number of non-ortho nitro benzene ring substituents is 1. The van der Waals surface area contributed by atoms with E-state index in [0.29, 0.717) is 22.0 Å². The monoisotopic (exact) mass is 559 g/mol. The van der Waals surface area contributed by atoms with Crippen molar-refractivity contribution >= 4 is 56.7 Å². The molecule has 2 amide bonds. The lowest BCUT2D eigenvalue weighted by atomic mass is 10.2. The molecule has 0 unspecified atom stereocenters. The number of ether oxygens (including phenoxy) is 1. The van der Waals surface area contributed by atoms with Gasteiger partial charge in [0.25, 0.3) is 17.5 Å². The van der Waals surface area contributed by atoms with E-state index in [1.54, 1.807) is 48.5 Å². The zero-order valence-corrected chi connectivity index (χ0v) is 21.5. The van der Waals surface area contributed by atoms with Crippen LogP contribution in [-0.4, -0.2) is 50.8 Å². The minimum absolute atomic E-state index is 0.0299. The summed E-state index contributed by atoms with van der Waals surface area (Å²) in [6.45, 7) is -0.862. The van der Waals surface area contributed by atoms with Crippen LogP contribution in [0.15, 0.2) is 77.9 Å². The summed E-state index contributed by atoms with van der Waals surface area (Å²) in [6.07, 6.45) is 2.21. The number of amides is 2. The third-order valence-corrected chi connectivity index (χ3v) is 6.15. The van der Waals surface area contributed by atoms with Crippen molar-refractivity contribution in [3.05, 3.63) is 93.5 Å². The largest absolute Gasteiger partial charge is 0.484 e. The number of hydrogen-bond donors (Lipinski definition) is 2. The average Bonchev–Trinajstić information content (AvgIpc) is 2.86. The summed E-state index contributed by atoms with van der Waals surface area (Å²) < 4.78 is 30.5. The molecular weight excluding hydrogens is 538 g/mol. The predicted octanol–water partition coefficient (Wildman–Crippen LogP) is 3.18. The van der Waals surface area contributed by atoms with Crippen molar-refractivity contribution in [2.24, 2.45) is 5.10 Å². The number of halogens is 1. The van der Waals surface area contributed by atoms with Crippen molar-refractivity contribution in [3.8, 4) is 5.75 Å². The minimum Gasteiger partial charge on any atom is -0.484 e. The first-order chi connectivity index (χ1) is 18.0. The smallest absolute Gasteiger partial charge is 0.271 e. The summed E-state index contributed by atoms with van der Waals surface area (Å²) in [5.74, 6) is -0.703. The fraction of sp³-hybridized carbons (Fsp3) is 0.125. The van der Waals surface area contributed by atoms with E-state index >= 15 is 0 Å². The first kappa shape index (κ1) is 28.1. The maximum absolute atomic E-state index is 12.3. The standard InChI is InChI=1S/C24H22ClN5O7S/c1-38(35,36)29(20-6-3-7-21(13-20)30(33)34)15-23(31)28-26-14-17-8-10-22(11-9-17)37-16-24(32)27-19-5-2-4-18(25)12-19/h2-14H,15-16H2,1H3,(H,27,32)(H,28,31)/b26-14-. The fourth-order valence-electron chi connectivity index (χ4n) is 3.07. The van der Waals surface area contributed by atoms with E-state index in [9.17, 15) is 28.1 Å². The van der Waals surface area contributed by atoms with Gasteiger partial charge in [0.15, 0.2) is 6.61 Å². The number of nitrogens with one attached hydrogen (secondary N) is 2. The summed E-state index contributed by atoms with van der Waals surface area (Å²) in [4.78, 5) is 34.7. The van der Waals surface area contributed by atoms with Crippen molar-refractivity contribution < 1.29 is 27.7 Å². The number of nitro groups is 1. The second-order valence-corrected chi connectivity index (χ2v) is 10.1. The van der Waals surface area contributed by atoms with Crippen molar-refractivity contribution in [2.45, 2.75) is 0 Å². The second-order valence-electron chi connectivity index (χ2n) is 7.76. The van der Waals surface area contributed by atoms with E-state index in [2.05, 4.69) is 15.8 Å². The van der Waals surface area contributed by atoms with Gasteiger partial charge in [-0.1, -0.05) is 23.7 Å². The molecule has 3 rings (SSSR count). The topological polar surface area (TPSA) is 160 Å². The summed E-state index contributed by atoms with van der Waals surface area (Å²) in [5.41, 5.74) is 3.00. The first-order valence-electron chi connectivity index (χ1n) is 10.8. The van der Waals surface area contributed by atoms with Gasteiger partial charge in [-0.25, -0.2) is 13.8 Å². The van der Waals surface area contributed by atoms with Gasteiger partial charge in [0.05, 0.1) is 23.1 Å². The summed E-state index contributed by atoms with van der Waals surface area (Å²) in [6, 6.07) is 18.1. The van der Waals surface area contributed by atoms with Crippen LogP contribution in [0.5, 0.6) is 5.75 Å². The highest BCUT2D eigenvalue weighted by atomic mass is 35.5. The fourth-order valence-corrected chi connectivity index (χ4v) is 4.11. The molecule has 38 heavy (non-hydrogen) atoms. The molecule has 12 nitrogen and oxygen atoms in total. The Bertz CT molecular complexity index is 1460. The Balaban J connectivity index is 1.52. The number of carbonyl (C=O) groups excluding carboxylic acids is 2. The SMILES string of the molecule is CS(=O)(=O)N(CC(=O)N/N=C\c1ccc(OCC(=O)Nc2cccc(Cl)c2)cc1)c1cccc([N+](=O)[O-])c1. The molecule has 2 N–H and O–H groups in total. The zero-order valence-electron chi connectivity index (χ0n) is 19.9. The number of rotatable bonds is 11. The number of hydrazone groups is 1. The molecule has 198 valence electrons. The number of nitrogens with zero attached hydrogens (tertiary/aromatic N) is 3. The van der Waals surface area contributed by atoms with Gasteiger partial charge >= 0.3 is 0 Å². The lowest BCUT2D eigenvalue weighted by Gasteiger charge is -2.21. The van der Waals surface area contributed by atoms with Crippen LogP contribution < -0.4 is 19.8 Å². The zero-order chi connectivity index (χ0) is 27.7. The van der Waals surface area contributed by atoms with Crippen LogP contribution in [-0.2, 0) is 19.6 Å². The predicted molar refractivity (Wildman–Crippen MR) is 143 cm³/mol. The number of hydrogen-bond acceptors (Lipinski definition) is 8. The highest BCUT2D eigenvalue weighted by molar-refractivity contribution is 7.92. The Labute approximate surface area is 223 Å². The van der Waals surface area contributed by atoms with E-state index in [1.165, 1.54) is 24.4 Å². The van der Waals surface area contributed by atoms with Crippen LogP contribution in [0.2, 0.25) is 5.02 Å². The summed E-state index contributed by atoms with van der Waals surface area (Å²) in [5, 5.41) is 18.0. The summed E-state index contributed by atoms with van der Waals surface area (Å²) in [7, 11) is -3.92. The van der Waals surface area contributed by atoms with E-state index < -0.39 is 27.4 Å². The van der Waals surface area contributed by atoms with E-state index in [4.69, 9.17) is 16.3 Å². The van der Waals surface area contributed by atoms with Crippen LogP contribution in [0.4, 0.5) is 17.1 Å². The quantitative estimate of drug-likeness (QED) is 0.207. The van der Waals surface area contributed by atoms with Gasteiger partial charge in [0.2, 0.25) is 10.0 Å². The molecule has 3 aromatic rings. The van der Waals surface area contributed by atoms with Gasteiger partial charge in [-0.2, -0.15) is 5.10 Å². The van der Waals surface area contributed by atoms with Gasteiger partial charge in [0, 0.05) is 22.8 Å².